The van der Waals surface area contributed by atoms with Gasteiger partial charge in [0.1, 0.15) is 24.4 Å². The highest BCUT2D eigenvalue weighted by Gasteiger charge is 2.44. The molecule has 0 unspecified atom stereocenters. The number of aromatic amines is 1. The van der Waals surface area contributed by atoms with Crippen LogP contribution in [0.5, 0.6) is 0 Å². The summed E-state index contributed by atoms with van der Waals surface area (Å²) < 4.78 is 5.71. The van der Waals surface area contributed by atoms with Gasteiger partial charge in [-0.1, -0.05) is 0 Å². The number of hydrogen-bond acceptors (Lipinski definition) is 7. The molecule has 1 aromatic rings. The summed E-state index contributed by atoms with van der Waals surface area (Å²) in [4.78, 5) is 24.7. The van der Waals surface area contributed by atoms with Crippen LogP contribution in [-0.2, 0) is 4.74 Å². The number of aliphatic hydroxyl groups excluding tert-OH is 3. The van der Waals surface area contributed by atoms with E-state index in [1.807, 2.05) is 4.98 Å². The quantitative estimate of drug-likeness (QED) is 0.447. The van der Waals surface area contributed by atoms with Crippen LogP contribution in [0.1, 0.15) is 11.7 Å². The molecule has 1 saturated heterocycles. The van der Waals surface area contributed by atoms with E-state index in [0.717, 1.165) is 6.20 Å². The number of ether oxygens (including phenoxy) is 1. The highest BCUT2D eigenvalue weighted by atomic mass is 16.6. The van der Waals surface area contributed by atoms with Crippen molar-refractivity contribution in [3.8, 4) is 6.19 Å². The minimum Gasteiger partial charge on any atom is -0.394 e. The van der Waals surface area contributed by atoms with Gasteiger partial charge in [0.25, 0.3) is 5.56 Å². The molecule has 0 spiro atoms. The highest BCUT2D eigenvalue weighted by molar-refractivity contribution is 5.15. The van der Waals surface area contributed by atoms with Gasteiger partial charge < -0.3 is 20.1 Å². The van der Waals surface area contributed by atoms with Crippen molar-refractivity contribution < 1.29 is 20.1 Å². The van der Waals surface area contributed by atoms with Gasteiger partial charge in [-0.3, -0.25) is 9.78 Å². The summed E-state index contributed by atoms with van der Waals surface area (Å²) >= 11 is 0. The zero-order chi connectivity index (χ0) is 14.2. The molecule has 9 nitrogen and oxygen atoms in total. The molecule has 0 amide bonds. The van der Waals surface area contributed by atoms with E-state index in [0.29, 0.717) is 4.57 Å². The van der Waals surface area contributed by atoms with E-state index in [2.05, 4.69) is 0 Å². The normalized spacial score (nSPS) is 30.2. The number of H-pyrrole nitrogens is 1. The van der Waals surface area contributed by atoms with E-state index in [-0.39, 0.29) is 5.56 Å². The molecule has 0 aromatic carbocycles. The Hall–Kier alpha value is -1.99. The predicted molar refractivity (Wildman–Crippen MR) is 59.0 cm³/mol. The first kappa shape index (κ1) is 13.4. The summed E-state index contributed by atoms with van der Waals surface area (Å²) in [7, 11) is 0. The minimum atomic E-state index is -1.44. The van der Waals surface area contributed by atoms with Crippen LogP contribution in [0, 0.1) is 11.5 Å². The number of nitrogens with zero attached hydrogens (tertiary/aromatic N) is 2. The Labute approximate surface area is 105 Å². The summed E-state index contributed by atoms with van der Waals surface area (Å²) in [6, 6.07) is 0. The van der Waals surface area contributed by atoms with Crippen molar-refractivity contribution >= 4 is 0 Å². The van der Waals surface area contributed by atoms with E-state index in [1.54, 1.807) is 0 Å². The van der Waals surface area contributed by atoms with E-state index in [1.165, 1.54) is 6.19 Å². The lowest BCUT2D eigenvalue weighted by molar-refractivity contribution is -0.0233. The summed E-state index contributed by atoms with van der Waals surface area (Å²) in [5.74, 6) is 0. The lowest BCUT2D eigenvalue weighted by Gasteiger charge is -2.13. The molecule has 102 valence electrons. The van der Waals surface area contributed by atoms with Gasteiger partial charge in [-0.2, -0.15) is 5.26 Å². The van der Waals surface area contributed by atoms with Gasteiger partial charge in [0.2, 0.25) is 0 Å². The summed E-state index contributed by atoms with van der Waals surface area (Å²) in [6.45, 7) is -0.537. The Morgan fingerprint density at radius 1 is 1.42 bits per heavy atom. The number of nitriles is 1. The number of hydrogen-bond donors (Lipinski definition) is 4. The second-order valence-corrected chi connectivity index (χ2v) is 4.07. The Balaban J connectivity index is 2.46. The van der Waals surface area contributed by atoms with E-state index < -0.39 is 42.3 Å². The third-order valence-electron chi connectivity index (χ3n) is 2.93. The van der Waals surface area contributed by atoms with Crippen LogP contribution in [0.2, 0.25) is 0 Å². The number of rotatable bonds is 2. The molecule has 0 saturated carbocycles. The molecule has 1 aliphatic rings. The summed E-state index contributed by atoms with van der Waals surface area (Å²) in [6.07, 6.45) is -2.62. The van der Waals surface area contributed by atoms with Gasteiger partial charge in [-0.25, -0.2) is 9.36 Å². The van der Waals surface area contributed by atoms with Gasteiger partial charge in [0, 0.05) is 6.20 Å². The molecule has 4 atom stereocenters. The molecule has 0 radical (unpaired) electrons. The Morgan fingerprint density at radius 2 is 2.11 bits per heavy atom. The smallest absolute Gasteiger partial charge is 0.341 e. The van der Waals surface area contributed by atoms with E-state index in [4.69, 9.17) is 15.1 Å². The predicted octanol–water partition coefficient (Wildman–Crippen LogP) is -2.98. The van der Waals surface area contributed by atoms with Crippen molar-refractivity contribution in [3.63, 3.8) is 0 Å². The molecule has 1 aromatic heterocycles. The van der Waals surface area contributed by atoms with Gasteiger partial charge in [0.05, 0.1) is 12.2 Å². The fourth-order valence-corrected chi connectivity index (χ4v) is 1.92. The Kier molecular flexibility index (Phi) is 3.50. The van der Waals surface area contributed by atoms with Gasteiger partial charge in [-0.15, -0.1) is 0 Å². The largest absolute Gasteiger partial charge is 0.394 e. The van der Waals surface area contributed by atoms with Crippen molar-refractivity contribution in [1.82, 2.24) is 9.55 Å². The molecule has 1 aliphatic heterocycles. The number of nitrogens with one attached hydrogen (secondary N) is 1. The topological polar surface area (TPSA) is 149 Å². The maximum Gasteiger partial charge on any atom is 0.341 e. The first-order valence-corrected chi connectivity index (χ1v) is 5.38. The second-order valence-electron chi connectivity index (χ2n) is 4.07. The van der Waals surface area contributed by atoms with Crippen LogP contribution >= 0.6 is 0 Å². The molecule has 0 bridgehead atoms. The number of aromatic nitrogens is 2. The van der Waals surface area contributed by atoms with Crippen LogP contribution in [-0.4, -0.2) is 49.8 Å². The first-order chi connectivity index (χ1) is 8.99. The first-order valence-electron chi connectivity index (χ1n) is 5.38. The molecule has 1 fully saturated rings. The number of aliphatic hydroxyl groups is 3. The zero-order valence-corrected chi connectivity index (χ0v) is 9.55. The van der Waals surface area contributed by atoms with Crippen molar-refractivity contribution in [2.24, 2.45) is 0 Å². The Morgan fingerprint density at radius 3 is 2.63 bits per heavy atom. The molecule has 4 N–H and O–H groups in total. The Bertz CT molecular complexity index is 629. The molecular weight excluding hydrogens is 258 g/mol. The van der Waals surface area contributed by atoms with Gasteiger partial charge in [-0.05, 0) is 0 Å². The summed E-state index contributed by atoms with van der Waals surface area (Å²) in [5.41, 5.74) is -1.92. The standard InChI is InChI=1S/C10H11N3O6/c11-3-13-1-4(9(17)12-10(13)18)8-7(16)6(15)5(2-14)19-8/h1,5-8,14-16H,2H2,(H,12,17,18)/t5-,6-,7-,8+/m1/s1. The molecule has 0 aliphatic carbocycles. The lowest BCUT2D eigenvalue weighted by atomic mass is 10.0. The highest BCUT2D eigenvalue weighted by Crippen LogP contribution is 2.31. The SMILES string of the molecule is N#Cn1cc([C@@H]2O[C@H](CO)[C@@H](O)[C@H]2O)c(=O)[nH]c1=O. The van der Waals surface area contributed by atoms with Crippen molar-refractivity contribution in [2.45, 2.75) is 24.4 Å². The van der Waals surface area contributed by atoms with Crippen molar-refractivity contribution in [3.05, 3.63) is 32.6 Å². The average Bonchev–Trinajstić information content (AvgIpc) is 2.67. The third-order valence-corrected chi connectivity index (χ3v) is 2.93. The van der Waals surface area contributed by atoms with E-state index in [9.17, 15) is 19.8 Å². The monoisotopic (exact) mass is 269 g/mol. The van der Waals surface area contributed by atoms with Crippen LogP contribution < -0.4 is 11.2 Å². The minimum absolute atomic E-state index is 0.177. The van der Waals surface area contributed by atoms with Crippen LogP contribution in [0.3, 0.4) is 0 Å². The van der Waals surface area contributed by atoms with Crippen LogP contribution in [0.25, 0.3) is 0 Å². The van der Waals surface area contributed by atoms with Crippen molar-refractivity contribution in [1.29, 1.82) is 5.26 Å². The molecule has 9 heteroatoms. The zero-order valence-electron chi connectivity index (χ0n) is 9.55. The molecule has 19 heavy (non-hydrogen) atoms. The van der Waals surface area contributed by atoms with Gasteiger partial charge >= 0.3 is 5.69 Å². The molecule has 2 rings (SSSR count). The van der Waals surface area contributed by atoms with E-state index >= 15 is 0 Å². The van der Waals surface area contributed by atoms with Crippen molar-refractivity contribution in [2.75, 3.05) is 6.61 Å². The fourth-order valence-electron chi connectivity index (χ4n) is 1.92. The van der Waals surface area contributed by atoms with Crippen LogP contribution in [0.15, 0.2) is 15.8 Å². The van der Waals surface area contributed by atoms with Crippen LogP contribution in [0.4, 0.5) is 0 Å². The average molecular weight is 269 g/mol. The fraction of sp³-hybridized carbons (Fsp3) is 0.500. The third kappa shape index (κ3) is 2.18. The van der Waals surface area contributed by atoms with Gasteiger partial charge in [0.15, 0.2) is 6.19 Å². The lowest BCUT2D eigenvalue weighted by Crippen LogP contribution is -2.35. The maximum absolute atomic E-state index is 11.6. The summed E-state index contributed by atoms with van der Waals surface area (Å²) in [5, 5.41) is 37.0. The maximum atomic E-state index is 11.6. The second kappa shape index (κ2) is 4.94. The molecular formula is C10H11N3O6. The molecule has 2 heterocycles.